The lowest BCUT2D eigenvalue weighted by Crippen LogP contribution is -2.23. The second kappa shape index (κ2) is 5.04. The minimum absolute atomic E-state index is 0.275. The van der Waals surface area contributed by atoms with Crippen molar-refractivity contribution >= 4 is 10.9 Å². The van der Waals surface area contributed by atoms with Crippen LogP contribution in [0.2, 0.25) is 0 Å². The van der Waals surface area contributed by atoms with E-state index in [0.717, 1.165) is 23.9 Å². The van der Waals surface area contributed by atoms with Gasteiger partial charge in [-0.15, -0.1) is 0 Å². The number of fused-ring (bicyclic) bond motifs is 1. The zero-order valence-corrected chi connectivity index (χ0v) is 10.2. The van der Waals surface area contributed by atoms with E-state index >= 15 is 0 Å². The third-order valence-corrected chi connectivity index (χ3v) is 3.68. The zero-order valence-electron chi connectivity index (χ0n) is 10.2. The molecule has 1 fully saturated rings. The average Bonchev–Trinajstić information content (AvgIpc) is 2.93. The van der Waals surface area contributed by atoms with E-state index < -0.39 is 0 Å². The molecule has 3 nitrogen and oxygen atoms in total. The molecule has 0 radical (unpaired) electrons. The number of aromatic nitrogens is 1. The van der Waals surface area contributed by atoms with Gasteiger partial charge in [0.1, 0.15) is 0 Å². The standard InChI is InChI=1S/C15H17NO2/c17-15(12-6-8-18-10-12)9-11-5-7-16-14-4-2-1-3-13(11)14/h1-5,7,12,15,17H,6,8-10H2. The number of hydrogen-bond acceptors (Lipinski definition) is 3. The molecule has 1 aromatic carbocycles. The molecule has 1 saturated heterocycles. The van der Waals surface area contributed by atoms with Crippen LogP contribution in [0.1, 0.15) is 12.0 Å². The molecule has 3 rings (SSSR count). The van der Waals surface area contributed by atoms with Crippen molar-refractivity contribution in [2.24, 2.45) is 5.92 Å². The van der Waals surface area contributed by atoms with E-state index in [9.17, 15) is 5.11 Å². The second-order valence-electron chi connectivity index (χ2n) is 4.88. The highest BCUT2D eigenvalue weighted by Crippen LogP contribution is 2.23. The number of benzene rings is 1. The first-order valence-corrected chi connectivity index (χ1v) is 6.43. The molecule has 0 bridgehead atoms. The predicted molar refractivity (Wildman–Crippen MR) is 70.4 cm³/mol. The summed E-state index contributed by atoms with van der Waals surface area (Å²) in [6, 6.07) is 10.1. The van der Waals surface area contributed by atoms with E-state index in [2.05, 4.69) is 11.1 Å². The van der Waals surface area contributed by atoms with Gasteiger partial charge >= 0.3 is 0 Å². The van der Waals surface area contributed by atoms with Gasteiger partial charge in [0.25, 0.3) is 0 Å². The van der Waals surface area contributed by atoms with Crippen molar-refractivity contribution in [3.05, 3.63) is 42.1 Å². The van der Waals surface area contributed by atoms with Gasteiger partial charge in [-0.1, -0.05) is 18.2 Å². The molecule has 2 aromatic rings. The van der Waals surface area contributed by atoms with E-state index in [1.54, 1.807) is 0 Å². The Bertz CT molecular complexity index is 530. The zero-order chi connectivity index (χ0) is 12.4. The fraction of sp³-hybridized carbons (Fsp3) is 0.400. The molecule has 2 atom stereocenters. The number of ether oxygens (including phenoxy) is 1. The van der Waals surface area contributed by atoms with E-state index in [4.69, 9.17) is 4.74 Å². The van der Waals surface area contributed by atoms with Crippen LogP contribution in [0.25, 0.3) is 10.9 Å². The summed E-state index contributed by atoms with van der Waals surface area (Å²) in [5, 5.41) is 11.4. The van der Waals surface area contributed by atoms with Gasteiger partial charge in [0.05, 0.1) is 18.2 Å². The van der Waals surface area contributed by atoms with Gasteiger partial charge in [-0.3, -0.25) is 4.98 Å². The van der Waals surface area contributed by atoms with Gasteiger partial charge in [-0.05, 0) is 30.5 Å². The molecule has 1 N–H and O–H groups in total. The highest BCUT2D eigenvalue weighted by atomic mass is 16.5. The Morgan fingerprint density at radius 1 is 1.33 bits per heavy atom. The van der Waals surface area contributed by atoms with Crippen molar-refractivity contribution < 1.29 is 9.84 Å². The van der Waals surface area contributed by atoms with Crippen molar-refractivity contribution in [2.75, 3.05) is 13.2 Å². The summed E-state index contributed by atoms with van der Waals surface area (Å²) in [5.74, 6) is 0.275. The Morgan fingerprint density at radius 2 is 2.22 bits per heavy atom. The molecule has 2 heterocycles. The fourth-order valence-corrected chi connectivity index (χ4v) is 2.58. The number of para-hydroxylation sites is 1. The molecule has 2 unspecified atom stereocenters. The molecular formula is C15H17NO2. The maximum absolute atomic E-state index is 10.3. The van der Waals surface area contributed by atoms with Gasteiger partial charge in [0.2, 0.25) is 0 Å². The quantitative estimate of drug-likeness (QED) is 0.898. The Labute approximate surface area is 106 Å². The van der Waals surface area contributed by atoms with E-state index in [1.807, 2.05) is 30.5 Å². The molecule has 1 aromatic heterocycles. The van der Waals surface area contributed by atoms with Crippen LogP contribution in [0.3, 0.4) is 0 Å². The third-order valence-electron chi connectivity index (χ3n) is 3.68. The summed E-state index contributed by atoms with van der Waals surface area (Å²) in [6.45, 7) is 1.46. The molecule has 0 saturated carbocycles. The van der Waals surface area contributed by atoms with Crippen LogP contribution < -0.4 is 0 Å². The van der Waals surface area contributed by atoms with Crippen LogP contribution in [0.15, 0.2) is 36.5 Å². The minimum Gasteiger partial charge on any atom is -0.392 e. The number of aliphatic hydroxyl groups is 1. The highest BCUT2D eigenvalue weighted by Gasteiger charge is 2.24. The lowest BCUT2D eigenvalue weighted by Gasteiger charge is -2.17. The predicted octanol–water partition coefficient (Wildman–Crippen LogP) is 2.17. The van der Waals surface area contributed by atoms with Crippen LogP contribution in [-0.2, 0) is 11.2 Å². The molecule has 0 amide bonds. The SMILES string of the molecule is OC(Cc1ccnc2ccccc12)C1CCOC1. The topological polar surface area (TPSA) is 42.4 Å². The first-order chi connectivity index (χ1) is 8.84. The minimum atomic E-state index is -0.321. The van der Waals surface area contributed by atoms with Crippen LogP contribution in [-0.4, -0.2) is 29.4 Å². The normalized spacial score (nSPS) is 21.3. The molecular weight excluding hydrogens is 226 g/mol. The third kappa shape index (κ3) is 2.24. The maximum atomic E-state index is 10.3. The van der Waals surface area contributed by atoms with E-state index in [1.165, 1.54) is 5.56 Å². The molecule has 1 aliphatic rings. The van der Waals surface area contributed by atoms with Crippen molar-refractivity contribution in [3.8, 4) is 0 Å². The summed E-state index contributed by atoms with van der Waals surface area (Å²) in [7, 11) is 0. The molecule has 18 heavy (non-hydrogen) atoms. The summed E-state index contributed by atoms with van der Waals surface area (Å²) in [5.41, 5.74) is 2.16. The van der Waals surface area contributed by atoms with Crippen LogP contribution in [0.5, 0.6) is 0 Å². The molecule has 0 spiro atoms. The Kier molecular flexibility index (Phi) is 3.26. The van der Waals surface area contributed by atoms with Crippen molar-refractivity contribution in [3.63, 3.8) is 0 Å². The fourth-order valence-electron chi connectivity index (χ4n) is 2.58. The monoisotopic (exact) mass is 243 g/mol. The van der Waals surface area contributed by atoms with Crippen molar-refractivity contribution in [2.45, 2.75) is 18.9 Å². The Hall–Kier alpha value is -1.45. The van der Waals surface area contributed by atoms with Gasteiger partial charge in [-0.2, -0.15) is 0 Å². The van der Waals surface area contributed by atoms with Gasteiger partial charge in [0.15, 0.2) is 0 Å². The maximum Gasteiger partial charge on any atom is 0.0704 e. The number of nitrogens with zero attached hydrogens (tertiary/aromatic N) is 1. The molecule has 1 aliphatic heterocycles. The van der Waals surface area contributed by atoms with Crippen LogP contribution in [0.4, 0.5) is 0 Å². The number of rotatable bonds is 3. The lowest BCUT2D eigenvalue weighted by atomic mass is 9.94. The first-order valence-electron chi connectivity index (χ1n) is 6.43. The number of aliphatic hydroxyl groups excluding tert-OH is 1. The summed E-state index contributed by atoms with van der Waals surface area (Å²) in [4.78, 5) is 4.34. The van der Waals surface area contributed by atoms with E-state index in [0.29, 0.717) is 13.0 Å². The molecule has 94 valence electrons. The Morgan fingerprint density at radius 3 is 3.06 bits per heavy atom. The van der Waals surface area contributed by atoms with Crippen molar-refractivity contribution in [1.82, 2.24) is 4.98 Å². The molecule has 0 aliphatic carbocycles. The first kappa shape index (κ1) is 11.6. The van der Waals surface area contributed by atoms with Crippen LogP contribution >= 0.6 is 0 Å². The number of hydrogen-bond donors (Lipinski definition) is 1. The van der Waals surface area contributed by atoms with Gasteiger partial charge < -0.3 is 9.84 Å². The largest absolute Gasteiger partial charge is 0.392 e. The molecule has 3 heteroatoms. The van der Waals surface area contributed by atoms with Gasteiger partial charge in [-0.25, -0.2) is 0 Å². The van der Waals surface area contributed by atoms with Crippen LogP contribution in [0, 0.1) is 5.92 Å². The average molecular weight is 243 g/mol. The second-order valence-corrected chi connectivity index (χ2v) is 4.88. The van der Waals surface area contributed by atoms with Gasteiger partial charge in [0, 0.05) is 24.1 Å². The highest BCUT2D eigenvalue weighted by molar-refractivity contribution is 5.81. The Balaban J connectivity index is 1.85. The summed E-state index contributed by atoms with van der Waals surface area (Å²) >= 11 is 0. The number of pyridine rings is 1. The van der Waals surface area contributed by atoms with E-state index in [-0.39, 0.29) is 12.0 Å². The van der Waals surface area contributed by atoms with Crippen molar-refractivity contribution in [1.29, 1.82) is 0 Å². The smallest absolute Gasteiger partial charge is 0.0704 e. The summed E-state index contributed by atoms with van der Waals surface area (Å²) in [6.07, 6.45) is 3.13. The summed E-state index contributed by atoms with van der Waals surface area (Å²) < 4.78 is 5.33. The lowest BCUT2D eigenvalue weighted by molar-refractivity contribution is 0.0921.